The molecule has 3 aromatic rings. The lowest BCUT2D eigenvalue weighted by atomic mass is 10.1. The highest BCUT2D eigenvalue weighted by molar-refractivity contribution is 8.00. The lowest BCUT2D eigenvalue weighted by molar-refractivity contribution is 0.0349. The van der Waals surface area contributed by atoms with Gasteiger partial charge in [-0.1, -0.05) is 6.07 Å². The van der Waals surface area contributed by atoms with Gasteiger partial charge in [0.1, 0.15) is 17.5 Å². The minimum absolute atomic E-state index is 0.00971. The van der Waals surface area contributed by atoms with Crippen LogP contribution < -0.4 is 0 Å². The second-order valence-electron chi connectivity index (χ2n) is 6.07. The zero-order valence-corrected chi connectivity index (χ0v) is 14.4. The Bertz CT molecular complexity index is 917. The lowest BCUT2D eigenvalue weighted by Crippen LogP contribution is -2.19. The van der Waals surface area contributed by atoms with Crippen molar-refractivity contribution in [2.45, 2.75) is 29.4 Å². The minimum Gasteiger partial charge on any atom is -0.367 e. The first-order valence-corrected chi connectivity index (χ1v) is 8.95. The van der Waals surface area contributed by atoms with Gasteiger partial charge in [0.15, 0.2) is 0 Å². The maximum atomic E-state index is 13.9. The Morgan fingerprint density at radius 3 is 2.65 bits per heavy atom. The lowest BCUT2D eigenvalue weighted by Gasteiger charge is -2.21. The van der Waals surface area contributed by atoms with Crippen LogP contribution in [0.5, 0.6) is 0 Å². The van der Waals surface area contributed by atoms with Crippen molar-refractivity contribution < 1.29 is 17.9 Å². The summed E-state index contributed by atoms with van der Waals surface area (Å²) in [4.78, 5) is 4.98. The molecule has 1 aromatic heterocycles. The highest BCUT2D eigenvalue weighted by Gasteiger charge is 2.35. The molecule has 0 radical (unpaired) electrons. The number of fused-ring (bicyclic) bond motifs is 1. The standard InChI is InChI=1S/C19H15F3N2OS/c20-13-3-4-17-15(7-13)19(18(26-17)9-24-6-5-23-11-24)25-10-12-1-2-14(21)8-16(12)22/h1-8,11,18-19H,9-10H2/t18-,19-/m0/s1. The van der Waals surface area contributed by atoms with Crippen LogP contribution in [-0.4, -0.2) is 14.8 Å². The highest BCUT2D eigenvalue weighted by atomic mass is 32.2. The van der Waals surface area contributed by atoms with E-state index in [1.807, 2.05) is 10.8 Å². The predicted octanol–water partition coefficient (Wildman–Crippen LogP) is 4.73. The first-order chi connectivity index (χ1) is 12.6. The Balaban J connectivity index is 1.57. The largest absolute Gasteiger partial charge is 0.367 e. The van der Waals surface area contributed by atoms with E-state index in [1.165, 1.54) is 24.3 Å². The van der Waals surface area contributed by atoms with Crippen molar-refractivity contribution in [1.29, 1.82) is 0 Å². The fourth-order valence-electron chi connectivity index (χ4n) is 3.03. The van der Waals surface area contributed by atoms with E-state index in [-0.39, 0.29) is 23.2 Å². The Hall–Kier alpha value is -2.25. The summed E-state index contributed by atoms with van der Waals surface area (Å²) in [5, 5.41) is -0.00971. The molecule has 134 valence electrons. The molecule has 0 N–H and O–H groups in total. The summed E-state index contributed by atoms with van der Waals surface area (Å²) in [6.07, 6.45) is 4.84. The van der Waals surface area contributed by atoms with Crippen LogP contribution >= 0.6 is 11.8 Å². The summed E-state index contributed by atoms with van der Waals surface area (Å²) in [5.41, 5.74) is 1.02. The molecular weight excluding hydrogens is 361 g/mol. The molecule has 0 saturated heterocycles. The SMILES string of the molecule is Fc1ccc(CO[C@H]2c3cc(F)ccc3S[C@H]2Cn2ccnc2)c(F)c1. The fraction of sp³-hybridized carbons (Fsp3) is 0.211. The molecule has 0 fully saturated rings. The van der Waals surface area contributed by atoms with Gasteiger partial charge in [-0.05, 0) is 29.8 Å². The van der Waals surface area contributed by atoms with Crippen LogP contribution in [-0.2, 0) is 17.9 Å². The maximum absolute atomic E-state index is 13.9. The van der Waals surface area contributed by atoms with Crippen molar-refractivity contribution in [2.24, 2.45) is 0 Å². The van der Waals surface area contributed by atoms with E-state index < -0.39 is 17.7 Å². The molecule has 2 aromatic carbocycles. The van der Waals surface area contributed by atoms with Gasteiger partial charge in [0.25, 0.3) is 0 Å². The Morgan fingerprint density at radius 1 is 1.08 bits per heavy atom. The van der Waals surface area contributed by atoms with Crippen LogP contribution in [0.2, 0.25) is 0 Å². The molecule has 0 unspecified atom stereocenters. The predicted molar refractivity (Wildman–Crippen MR) is 92.2 cm³/mol. The van der Waals surface area contributed by atoms with Gasteiger partial charge in [-0.15, -0.1) is 11.8 Å². The summed E-state index contributed by atoms with van der Waals surface area (Å²) in [6, 6.07) is 8.01. The quantitative estimate of drug-likeness (QED) is 0.644. The summed E-state index contributed by atoms with van der Waals surface area (Å²) in [6.45, 7) is 0.602. The van der Waals surface area contributed by atoms with Crippen molar-refractivity contribution in [2.75, 3.05) is 0 Å². The summed E-state index contributed by atoms with van der Waals surface area (Å²) in [5.74, 6) is -1.62. The fourth-order valence-corrected chi connectivity index (χ4v) is 4.40. The van der Waals surface area contributed by atoms with E-state index in [0.29, 0.717) is 6.54 Å². The molecule has 26 heavy (non-hydrogen) atoms. The molecule has 0 spiro atoms. The highest BCUT2D eigenvalue weighted by Crippen LogP contribution is 2.47. The molecule has 2 atom stereocenters. The summed E-state index contributed by atoms with van der Waals surface area (Å²) < 4.78 is 48.6. The first kappa shape index (κ1) is 17.2. The van der Waals surface area contributed by atoms with Gasteiger partial charge in [0, 0.05) is 35.5 Å². The number of thioether (sulfide) groups is 1. The maximum Gasteiger partial charge on any atom is 0.131 e. The minimum atomic E-state index is -0.652. The van der Waals surface area contributed by atoms with E-state index in [4.69, 9.17) is 4.74 Å². The van der Waals surface area contributed by atoms with E-state index in [9.17, 15) is 13.2 Å². The number of ether oxygens (including phenoxy) is 1. The molecule has 2 heterocycles. The second kappa shape index (κ2) is 7.17. The number of aromatic nitrogens is 2. The number of hydrogen-bond acceptors (Lipinski definition) is 3. The van der Waals surface area contributed by atoms with Crippen molar-refractivity contribution in [3.63, 3.8) is 0 Å². The van der Waals surface area contributed by atoms with Crippen LogP contribution in [0.4, 0.5) is 13.2 Å². The normalized spacial score (nSPS) is 18.9. The molecule has 0 saturated carbocycles. The van der Waals surface area contributed by atoms with Crippen molar-refractivity contribution in [1.82, 2.24) is 9.55 Å². The topological polar surface area (TPSA) is 27.1 Å². The number of rotatable bonds is 5. The van der Waals surface area contributed by atoms with Gasteiger partial charge in [-0.2, -0.15) is 0 Å². The molecule has 1 aliphatic rings. The van der Waals surface area contributed by atoms with Crippen molar-refractivity contribution in [3.8, 4) is 0 Å². The third-order valence-corrected chi connectivity index (χ3v) is 5.60. The number of hydrogen-bond donors (Lipinski definition) is 0. The number of halogens is 3. The van der Waals surface area contributed by atoms with Gasteiger partial charge >= 0.3 is 0 Å². The van der Waals surface area contributed by atoms with Crippen LogP contribution in [0.1, 0.15) is 17.2 Å². The Labute approximate surface area is 152 Å². The van der Waals surface area contributed by atoms with E-state index in [1.54, 1.807) is 30.4 Å². The Kier molecular flexibility index (Phi) is 4.74. The third kappa shape index (κ3) is 3.50. The van der Waals surface area contributed by atoms with Crippen LogP contribution in [0.3, 0.4) is 0 Å². The van der Waals surface area contributed by atoms with Gasteiger partial charge in [0.05, 0.1) is 24.3 Å². The summed E-state index contributed by atoms with van der Waals surface area (Å²) >= 11 is 1.60. The first-order valence-electron chi connectivity index (χ1n) is 8.07. The number of nitrogens with zero attached hydrogens (tertiary/aromatic N) is 2. The number of benzene rings is 2. The number of imidazole rings is 1. The van der Waals surface area contributed by atoms with Gasteiger partial charge < -0.3 is 9.30 Å². The van der Waals surface area contributed by atoms with Crippen molar-refractivity contribution in [3.05, 3.63) is 83.7 Å². The van der Waals surface area contributed by atoms with Crippen molar-refractivity contribution >= 4 is 11.8 Å². The van der Waals surface area contributed by atoms with E-state index >= 15 is 0 Å². The van der Waals surface area contributed by atoms with Crippen LogP contribution in [0, 0.1) is 17.5 Å². The summed E-state index contributed by atoms with van der Waals surface area (Å²) in [7, 11) is 0. The van der Waals surface area contributed by atoms with Crippen LogP contribution in [0.25, 0.3) is 0 Å². The smallest absolute Gasteiger partial charge is 0.131 e. The van der Waals surface area contributed by atoms with Crippen LogP contribution in [0.15, 0.2) is 60.0 Å². The zero-order chi connectivity index (χ0) is 18.1. The molecular formula is C19H15F3N2OS. The second-order valence-corrected chi connectivity index (χ2v) is 7.35. The molecule has 1 aliphatic heterocycles. The molecule has 0 aliphatic carbocycles. The van der Waals surface area contributed by atoms with Gasteiger partial charge in [-0.25, -0.2) is 18.2 Å². The van der Waals surface area contributed by atoms with Gasteiger partial charge in [0.2, 0.25) is 0 Å². The third-order valence-electron chi connectivity index (χ3n) is 4.28. The van der Waals surface area contributed by atoms with Gasteiger partial charge in [-0.3, -0.25) is 0 Å². The van der Waals surface area contributed by atoms with E-state index in [2.05, 4.69) is 4.98 Å². The molecule has 0 amide bonds. The molecule has 4 rings (SSSR count). The molecule has 0 bridgehead atoms. The zero-order valence-electron chi connectivity index (χ0n) is 13.6. The van der Waals surface area contributed by atoms with E-state index in [0.717, 1.165) is 16.5 Å². The monoisotopic (exact) mass is 376 g/mol. The molecule has 3 nitrogen and oxygen atoms in total. The average molecular weight is 376 g/mol. The average Bonchev–Trinajstić information content (AvgIpc) is 3.22. The molecule has 7 heteroatoms. The Morgan fingerprint density at radius 2 is 1.88 bits per heavy atom.